The number of hydrogen-bond donors (Lipinski definition) is 1. The fraction of sp³-hybridized carbons (Fsp3) is 0.880. The Bertz CT molecular complexity index is 816. The minimum Gasteiger partial charge on any atom is -0.444 e. The lowest BCUT2D eigenvalue weighted by Gasteiger charge is -2.41. The van der Waals surface area contributed by atoms with Crippen LogP contribution in [0, 0.1) is 5.92 Å². The summed E-state index contributed by atoms with van der Waals surface area (Å²) < 4.78 is 23.5. The third-order valence-electron chi connectivity index (χ3n) is 6.44. The van der Waals surface area contributed by atoms with Gasteiger partial charge in [-0.25, -0.2) is 4.79 Å². The summed E-state index contributed by atoms with van der Waals surface area (Å²) in [6.07, 6.45) is -0.328. The molecule has 0 aromatic carbocycles. The number of nitrogens with zero attached hydrogens (tertiary/aromatic N) is 3. The van der Waals surface area contributed by atoms with Gasteiger partial charge in [0.15, 0.2) is 8.32 Å². The van der Waals surface area contributed by atoms with Gasteiger partial charge in [0, 0.05) is 25.4 Å². The molecule has 11 heteroatoms. The zero-order valence-electron chi connectivity index (χ0n) is 24.0. The van der Waals surface area contributed by atoms with Gasteiger partial charge in [0.05, 0.1) is 19.3 Å². The Morgan fingerprint density at radius 2 is 1.81 bits per heavy atom. The standard InChI is InChI=1S/C25H48N4O5SSi/c1-18(2)17-19(26-22(30)32-24(3,4)5)20(34-36(9,10)25(6,7)8)21-27-23(33-28-21)35-16-13-29-11-14-31-15-12-29/h18-20H,11-17H2,1-10H3,(H,26,30)/t19-,20?/m0/s1. The number of hydrogen-bond acceptors (Lipinski definition) is 9. The van der Waals surface area contributed by atoms with Gasteiger partial charge in [-0.1, -0.05) is 51.5 Å². The molecule has 0 saturated carbocycles. The molecule has 2 heterocycles. The highest BCUT2D eigenvalue weighted by Gasteiger charge is 2.43. The van der Waals surface area contributed by atoms with Crippen LogP contribution < -0.4 is 5.32 Å². The fourth-order valence-electron chi connectivity index (χ4n) is 3.52. The van der Waals surface area contributed by atoms with Gasteiger partial charge >= 0.3 is 6.09 Å². The van der Waals surface area contributed by atoms with Gasteiger partial charge in [-0.3, -0.25) is 4.90 Å². The van der Waals surface area contributed by atoms with Gasteiger partial charge in [0.25, 0.3) is 5.22 Å². The van der Waals surface area contributed by atoms with Crippen molar-refractivity contribution < 1.29 is 23.2 Å². The molecule has 1 aliphatic rings. The number of amides is 1. The minimum atomic E-state index is -2.24. The number of alkyl carbamates (subject to hydrolysis) is 1. The van der Waals surface area contributed by atoms with Gasteiger partial charge in [0.2, 0.25) is 5.82 Å². The maximum Gasteiger partial charge on any atom is 0.407 e. The SMILES string of the molecule is CC(C)C[C@H](NC(=O)OC(C)(C)C)C(O[Si](C)(C)C(C)(C)C)c1noc(SCCN2CCOCC2)n1. The Morgan fingerprint density at radius 3 is 2.36 bits per heavy atom. The van der Waals surface area contributed by atoms with Crippen LogP contribution in [0.5, 0.6) is 0 Å². The van der Waals surface area contributed by atoms with E-state index in [0.717, 1.165) is 38.6 Å². The van der Waals surface area contributed by atoms with Crippen molar-refractivity contribution in [2.24, 2.45) is 5.92 Å². The van der Waals surface area contributed by atoms with Crippen molar-refractivity contribution in [2.75, 3.05) is 38.6 Å². The van der Waals surface area contributed by atoms with E-state index in [2.05, 4.69) is 63.1 Å². The van der Waals surface area contributed by atoms with Crippen LogP contribution in [0.25, 0.3) is 0 Å². The van der Waals surface area contributed by atoms with E-state index < -0.39 is 26.1 Å². The highest BCUT2D eigenvalue weighted by atomic mass is 32.2. The van der Waals surface area contributed by atoms with E-state index in [1.165, 1.54) is 0 Å². The first-order chi connectivity index (χ1) is 16.6. The van der Waals surface area contributed by atoms with Gasteiger partial charge < -0.3 is 23.7 Å². The highest BCUT2D eigenvalue weighted by molar-refractivity contribution is 7.99. The first-order valence-electron chi connectivity index (χ1n) is 13.0. The number of carbonyl (C=O) groups is 1. The largest absolute Gasteiger partial charge is 0.444 e. The van der Waals surface area contributed by atoms with Gasteiger partial charge in [0.1, 0.15) is 11.7 Å². The Kier molecular flexibility index (Phi) is 11.3. The first kappa shape index (κ1) is 31.1. The van der Waals surface area contributed by atoms with Crippen LogP contribution in [0.4, 0.5) is 4.79 Å². The summed E-state index contributed by atoms with van der Waals surface area (Å²) in [5.41, 5.74) is -0.599. The number of ether oxygens (including phenoxy) is 2. The normalized spacial score (nSPS) is 17.8. The van der Waals surface area contributed by atoms with Crippen molar-refractivity contribution in [3.63, 3.8) is 0 Å². The molecule has 0 bridgehead atoms. The number of aromatic nitrogens is 2. The van der Waals surface area contributed by atoms with Gasteiger partial charge in [-0.05, 0) is 51.2 Å². The number of carbonyl (C=O) groups excluding carboxylic acids is 1. The van der Waals surface area contributed by atoms with Crippen molar-refractivity contribution in [2.45, 2.75) is 103 Å². The van der Waals surface area contributed by atoms with Gasteiger partial charge in [-0.15, -0.1) is 0 Å². The van der Waals surface area contributed by atoms with Crippen molar-refractivity contribution in [3.8, 4) is 0 Å². The lowest BCUT2D eigenvalue weighted by Crippen LogP contribution is -2.49. The summed E-state index contributed by atoms with van der Waals surface area (Å²) >= 11 is 1.54. The molecule has 1 amide bonds. The molecule has 1 N–H and O–H groups in total. The smallest absolute Gasteiger partial charge is 0.407 e. The fourth-order valence-corrected chi connectivity index (χ4v) is 5.55. The number of morpholine rings is 1. The van der Waals surface area contributed by atoms with E-state index in [-0.39, 0.29) is 11.1 Å². The maximum atomic E-state index is 12.8. The van der Waals surface area contributed by atoms with Crippen molar-refractivity contribution in [1.29, 1.82) is 0 Å². The molecule has 1 aliphatic heterocycles. The molecule has 208 valence electrons. The topological polar surface area (TPSA) is 99.0 Å². The molecule has 2 atom stereocenters. The second-order valence-electron chi connectivity index (χ2n) is 12.4. The monoisotopic (exact) mass is 544 g/mol. The zero-order chi connectivity index (χ0) is 27.1. The third kappa shape index (κ3) is 10.3. The Hall–Kier alpha value is -1.14. The second kappa shape index (κ2) is 13.1. The van der Waals surface area contributed by atoms with Crippen LogP contribution in [0.15, 0.2) is 9.75 Å². The quantitative estimate of drug-likeness (QED) is 0.286. The number of nitrogens with one attached hydrogen (secondary N) is 1. The summed E-state index contributed by atoms with van der Waals surface area (Å²) in [6.45, 7) is 25.2. The van der Waals surface area contributed by atoms with Crippen LogP contribution in [-0.4, -0.2) is 79.7 Å². The van der Waals surface area contributed by atoms with E-state index >= 15 is 0 Å². The summed E-state index contributed by atoms with van der Waals surface area (Å²) in [6, 6.07) is -0.363. The van der Waals surface area contributed by atoms with E-state index in [0.29, 0.717) is 23.4 Å². The Morgan fingerprint density at radius 1 is 1.17 bits per heavy atom. The summed E-state index contributed by atoms with van der Waals surface area (Å²) in [5.74, 6) is 1.63. The number of rotatable bonds is 11. The molecule has 9 nitrogen and oxygen atoms in total. The predicted octanol–water partition coefficient (Wildman–Crippen LogP) is 5.50. The second-order valence-corrected chi connectivity index (χ2v) is 18.2. The zero-order valence-corrected chi connectivity index (χ0v) is 25.8. The highest BCUT2D eigenvalue weighted by Crippen LogP contribution is 2.41. The van der Waals surface area contributed by atoms with Crippen molar-refractivity contribution in [1.82, 2.24) is 20.4 Å². The van der Waals surface area contributed by atoms with Crippen molar-refractivity contribution in [3.05, 3.63) is 5.82 Å². The molecular formula is C25H48N4O5SSi. The number of thioether (sulfide) groups is 1. The minimum absolute atomic E-state index is 0.0287. The maximum absolute atomic E-state index is 12.8. The average molecular weight is 545 g/mol. The predicted molar refractivity (Wildman–Crippen MR) is 146 cm³/mol. The molecule has 0 spiro atoms. The molecule has 1 fully saturated rings. The van der Waals surface area contributed by atoms with Crippen LogP contribution in [0.3, 0.4) is 0 Å². The lowest BCUT2D eigenvalue weighted by molar-refractivity contribution is 0.0403. The molecule has 0 radical (unpaired) electrons. The molecule has 1 unspecified atom stereocenters. The van der Waals surface area contributed by atoms with E-state index in [1.807, 2.05) is 20.8 Å². The van der Waals surface area contributed by atoms with E-state index in [1.54, 1.807) is 11.8 Å². The van der Waals surface area contributed by atoms with Gasteiger partial charge in [-0.2, -0.15) is 4.98 Å². The Labute approximate surface area is 222 Å². The van der Waals surface area contributed by atoms with Crippen LogP contribution >= 0.6 is 11.8 Å². The Balaban J connectivity index is 2.24. The van der Waals surface area contributed by atoms with Crippen molar-refractivity contribution >= 4 is 26.2 Å². The van der Waals surface area contributed by atoms with E-state index in [9.17, 15) is 4.79 Å². The molecule has 2 rings (SSSR count). The summed E-state index contributed by atoms with van der Waals surface area (Å²) in [7, 11) is -2.24. The van der Waals surface area contributed by atoms with E-state index in [4.69, 9.17) is 23.4 Å². The molecule has 0 aliphatic carbocycles. The molecule has 1 aromatic rings. The molecule has 36 heavy (non-hydrogen) atoms. The van der Waals surface area contributed by atoms with Crippen LogP contribution in [-0.2, 0) is 13.9 Å². The molecule has 1 aromatic heterocycles. The average Bonchev–Trinajstić information content (AvgIpc) is 3.18. The first-order valence-corrected chi connectivity index (χ1v) is 16.9. The third-order valence-corrected chi connectivity index (χ3v) is 11.7. The van der Waals surface area contributed by atoms with Crippen LogP contribution in [0.2, 0.25) is 18.1 Å². The molecule has 1 saturated heterocycles. The van der Waals surface area contributed by atoms with Crippen LogP contribution in [0.1, 0.15) is 73.7 Å². The summed E-state index contributed by atoms with van der Waals surface area (Å²) in [5, 5.41) is 7.87. The lowest BCUT2D eigenvalue weighted by atomic mass is 9.99. The molecular weight excluding hydrogens is 496 g/mol. The summed E-state index contributed by atoms with van der Waals surface area (Å²) in [4.78, 5) is 19.9.